The number of alkyl carbamates (subject to hydrolysis) is 1. The number of hydrogen-bond acceptors (Lipinski definition) is 6. The number of hydrogen-bond donors (Lipinski definition) is 2. The Bertz CT molecular complexity index is 1330. The van der Waals surface area contributed by atoms with Gasteiger partial charge in [-0.1, -0.05) is 12.2 Å². The summed E-state index contributed by atoms with van der Waals surface area (Å²) in [4.78, 5) is 21.9. The molecule has 7 nitrogen and oxygen atoms in total. The van der Waals surface area contributed by atoms with E-state index in [2.05, 4.69) is 20.6 Å². The number of rotatable bonds is 9. The van der Waals surface area contributed by atoms with E-state index in [-0.39, 0.29) is 17.5 Å². The zero-order valence-electron chi connectivity index (χ0n) is 23.5. The van der Waals surface area contributed by atoms with Crippen LogP contribution in [0.3, 0.4) is 0 Å². The van der Waals surface area contributed by atoms with E-state index in [1.807, 2.05) is 39.0 Å². The summed E-state index contributed by atoms with van der Waals surface area (Å²) in [5, 5.41) is 6.64. The second kappa shape index (κ2) is 13.2. The highest BCUT2D eigenvalue weighted by atomic mass is 19.1. The van der Waals surface area contributed by atoms with Gasteiger partial charge in [-0.25, -0.2) is 18.6 Å². The lowest BCUT2D eigenvalue weighted by atomic mass is 9.79. The largest absolute Gasteiger partial charge is 0.481 e. The average Bonchev–Trinajstić information content (AvgIpc) is 2.91. The first kappa shape index (κ1) is 29.4. The lowest BCUT2D eigenvalue weighted by Gasteiger charge is -2.35. The Labute approximate surface area is 234 Å². The molecule has 214 valence electrons. The highest BCUT2D eigenvalue weighted by Crippen LogP contribution is 2.30. The van der Waals surface area contributed by atoms with Crippen molar-refractivity contribution in [3.8, 4) is 5.88 Å². The van der Waals surface area contributed by atoms with Crippen LogP contribution in [-0.4, -0.2) is 47.4 Å². The quantitative estimate of drug-likeness (QED) is 0.328. The van der Waals surface area contributed by atoms with E-state index in [0.717, 1.165) is 54.4 Å². The second-order valence-electron chi connectivity index (χ2n) is 11.2. The molecule has 1 aliphatic carbocycles. The van der Waals surface area contributed by atoms with Crippen molar-refractivity contribution in [1.29, 1.82) is 0 Å². The van der Waals surface area contributed by atoms with Gasteiger partial charge in [0.25, 0.3) is 0 Å². The van der Waals surface area contributed by atoms with Crippen molar-refractivity contribution in [2.24, 2.45) is 5.92 Å². The molecule has 2 N–H and O–H groups in total. The fourth-order valence-corrected chi connectivity index (χ4v) is 5.16. The van der Waals surface area contributed by atoms with E-state index >= 15 is 0 Å². The third kappa shape index (κ3) is 8.21. The minimum atomic E-state index is -0.601. The number of aromatic nitrogens is 2. The molecule has 1 fully saturated rings. The highest BCUT2D eigenvalue weighted by Gasteiger charge is 2.30. The Hall–Kier alpha value is -3.59. The van der Waals surface area contributed by atoms with Crippen LogP contribution in [0.15, 0.2) is 48.7 Å². The van der Waals surface area contributed by atoms with Crippen molar-refractivity contribution < 1.29 is 23.0 Å². The minimum Gasteiger partial charge on any atom is -0.481 e. The van der Waals surface area contributed by atoms with Gasteiger partial charge in [0, 0.05) is 36.5 Å². The predicted molar refractivity (Wildman–Crippen MR) is 152 cm³/mol. The van der Waals surface area contributed by atoms with Gasteiger partial charge in [0.1, 0.15) is 17.2 Å². The van der Waals surface area contributed by atoms with Crippen LogP contribution in [-0.2, 0) is 11.2 Å². The molecule has 3 aromatic rings. The van der Waals surface area contributed by atoms with Crippen molar-refractivity contribution in [3.63, 3.8) is 0 Å². The summed E-state index contributed by atoms with van der Waals surface area (Å²) >= 11 is 0. The number of halogens is 2. The number of amides is 1. The molecule has 1 unspecified atom stereocenters. The van der Waals surface area contributed by atoms with Gasteiger partial charge in [0.2, 0.25) is 5.88 Å². The molecule has 0 aliphatic heterocycles. The summed E-state index contributed by atoms with van der Waals surface area (Å²) in [6.45, 7) is 6.11. The molecule has 1 amide bonds. The first-order valence-corrected chi connectivity index (χ1v) is 13.7. The third-order valence-electron chi connectivity index (χ3n) is 7.11. The van der Waals surface area contributed by atoms with Crippen LogP contribution in [0.25, 0.3) is 17.1 Å². The number of ether oxygens (including phenoxy) is 2. The molecule has 1 atom stereocenters. The lowest BCUT2D eigenvalue weighted by molar-refractivity contribution is 0.0475. The van der Waals surface area contributed by atoms with Crippen molar-refractivity contribution >= 4 is 23.2 Å². The third-order valence-corrected chi connectivity index (χ3v) is 7.11. The van der Waals surface area contributed by atoms with Gasteiger partial charge < -0.3 is 20.1 Å². The number of benzene rings is 1. The summed E-state index contributed by atoms with van der Waals surface area (Å²) in [5.41, 5.74) is 2.15. The molecule has 2 aromatic heterocycles. The van der Waals surface area contributed by atoms with E-state index in [9.17, 15) is 13.6 Å². The molecule has 0 radical (unpaired) electrons. The molecule has 40 heavy (non-hydrogen) atoms. The first-order chi connectivity index (χ1) is 19.1. The molecule has 0 saturated heterocycles. The maximum Gasteiger partial charge on any atom is 0.407 e. The van der Waals surface area contributed by atoms with E-state index in [0.29, 0.717) is 24.9 Å². The Kier molecular flexibility index (Phi) is 9.68. The smallest absolute Gasteiger partial charge is 0.407 e. The van der Waals surface area contributed by atoms with Crippen LogP contribution in [0.5, 0.6) is 5.88 Å². The fraction of sp³-hybridized carbons (Fsp3) is 0.452. The van der Waals surface area contributed by atoms with Crippen LogP contribution >= 0.6 is 0 Å². The normalized spacial score (nSPS) is 18.6. The van der Waals surface area contributed by atoms with Crippen molar-refractivity contribution in [1.82, 2.24) is 20.6 Å². The van der Waals surface area contributed by atoms with E-state index in [4.69, 9.17) is 9.47 Å². The van der Waals surface area contributed by atoms with Crippen molar-refractivity contribution in [2.75, 3.05) is 13.7 Å². The molecule has 4 rings (SSSR count). The second-order valence-corrected chi connectivity index (χ2v) is 11.2. The summed E-state index contributed by atoms with van der Waals surface area (Å²) in [6, 6.07) is 9.19. The Morgan fingerprint density at radius 3 is 2.62 bits per heavy atom. The van der Waals surface area contributed by atoms with Crippen LogP contribution < -0.4 is 15.4 Å². The number of nitrogens with one attached hydrogen (secondary N) is 2. The summed E-state index contributed by atoms with van der Waals surface area (Å²) in [7, 11) is 1.58. The maximum atomic E-state index is 13.8. The zero-order valence-corrected chi connectivity index (χ0v) is 23.5. The van der Waals surface area contributed by atoms with Crippen LogP contribution in [0.4, 0.5) is 13.6 Å². The first-order valence-electron chi connectivity index (χ1n) is 13.7. The SMILES string of the molecule is COc1ccc2nccc(CC(NC(=O)OC(C)(C)C)C3CCC(NCC=Cc4cc(F)ccc4F)CC3)c2n1. The van der Waals surface area contributed by atoms with Crippen molar-refractivity contribution in [3.05, 3.63) is 71.4 Å². The topological polar surface area (TPSA) is 85.4 Å². The number of carbonyl (C=O) groups is 1. The molecule has 0 bridgehead atoms. The number of carbonyl (C=O) groups excluding carboxylic acids is 1. The zero-order chi connectivity index (χ0) is 28.7. The summed E-state index contributed by atoms with van der Waals surface area (Å²) < 4.78 is 38.2. The average molecular weight is 553 g/mol. The molecule has 1 aliphatic rings. The Morgan fingerprint density at radius 1 is 1.12 bits per heavy atom. The molecular formula is C31H38F2N4O3. The molecule has 1 aromatic carbocycles. The summed E-state index contributed by atoms with van der Waals surface area (Å²) in [5.74, 6) is -0.149. The van der Waals surface area contributed by atoms with E-state index in [1.165, 1.54) is 6.07 Å². The fourth-order valence-electron chi connectivity index (χ4n) is 5.16. The monoisotopic (exact) mass is 552 g/mol. The molecule has 2 heterocycles. The molecule has 0 spiro atoms. The minimum absolute atomic E-state index is 0.148. The maximum absolute atomic E-state index is 13.8. The van der Waals surface area contributed by atoms with Gasteiger partial charge >= 0.3 is 6.09 Å². The molecular weight excluding hydrogens is 514 g/mol. The van der Waals surface area contributed by atoms with Gasteiger partial charge in [0.05, 0.1) is 18.1 Å². The number of pyridine rings is 2. The van der Waals surface area contributed by atoms with E-state index in [1.54, 1.807) is 25.4 Å². The Morgan fingerprint density at radius 2 is 1.90 bits per heavy atom. The Balaban J connectivity index is 1.41. The number of nitrogens with zero attached hydrogens (tertiary/aromatic N) is 2. The van der Waals surface area contributed by atoms with Gasteiger partial charge in [-0.2, -0.15) is 0 Å². The van der Waals surface area contributed by atoms with Gasteiger partial charge in [-0.15, -0.1) is 0 Å². The highest BCUT2D eigenvalue weighted by molar-refractivity contribution is 5.78. The number of methoxy groups -OCH3 is 1. The van der Waals surface area contributed by atoms with Crippen LogP contribution in [0.1, 0.15) is 57.6 Å². The van der Waals surface area contributed by atoms with Gasteiger partial charge in [-0.05, 0) is 94.7 Å². The lowest BCUT2D eigenvalue weighted by Crippen LogP contribution is -2.46. The van der Waals surface area contributed by atoms with Crippen LogP contribution in [0, 0.1) is 17.6 Å². The number of fused-ring (bicyclic) bond motifs is 1. The van der Waals surface area contributed by atoms with E-state index < -0.39 is 23.3 Å². The van der Waals surface area contributed by atoms with Gasteiger partial charge in [-0.3, -0.25) is 4.98 Å². The molecule has 9 heteroatoms. The predicted octanol–water partition coefficient (Wildman–Crippen LogP) is 6.21. The standard InChI is InChI=1S/C31H38F2N4O3/c1-31(2,3)40-30(38)36-27(19-22-15-17-35-26-13-14-28(39-4)37-29(22)26)20-7-10-24(11-8-20)34-16-5-6-21-18-23(32)9-12-25(21)33/h5-6,9,12-15,17-18,20,24,27,34H,7-8,10-11,16,19H2,1-4H3,(H,36,38). The molecule has 1 saturated carbocycles. The van der Waals surface area contributed by atoms with Crippen molar-refractivity contribution in [2.45, 2.75) is 70.6 Å². The van der Waals surface area contributed by atoms with Gasteiger partial charge in [0.15, 0.2) is 0 Å². The van der Waals surface area contributed by atoms with Crippen LogP contribution in [0.2, 0.25) is 0 Å². The summed E-state index contributed by atoms with van der Waals surface area (Å²) in [6.07, 6.45) is 9.03.